The summed E-state index contributed by atoms with van der Waals surface area (Å²) in [7, 11) is -9.98. The number of aliphatic hydroxyl groups excluding tert-OH is 1. The van der Waals surface area contributed by atoms with Crippen molar-refractivity contribution in [2.75, 3.05) is 39.6 Å². The lowest BCUT2D eigenvalue weighted by Gasteiger charge is -2.21. The highest BCUT2D eigenvalue weighted by molar-refractivity contribution is 7.47. The Hall–Kier alpha value is -4.80. The molecule has 0 radical (unpaired) electrons. The number of phosphoric acid groups is 2. The van der Waals surface area contributed by atoms with Gasteiger partial charge < -0.3 is 33.8 Å². The van der Waals surface area contributed by atoms with E-state index in [4.69, 9.17) is 37.0 Å². The van der Waals surface area contributed by atoms with Crippen LogP contribution in [0.25, 0.3) is 0 Å². The minimum Gasteiger partial charge on any atom is -0.462 e. The minimum atomic E-state index is -4.99. The molecule has 0 aromatic heterocycles. The number of aliphatic hydroxyl groups is 1. The predicted octanol–water partition coefficient (Wildman–Crippen LogP) is 22.9. The van der Waals surface area contributed by atoms with E-state index < -0.39 is 97.5 Å². The number of rotatable bonds is 73. The second kappa shape index (κ2) is 74.5. The second-order valence-electron chi connectivity index (χ2n) is 25.9. The van der Waals surface area contributed by atoms with Gasteiger partial charge in [-0.3, -0.25) is 37.3 Å². The molecule has 0 amide bonds. The summed E-state index contributed by atoms with van der Waals surface area (Å²) in [6.07, 6.45) is 82.9. The maximum atomic E-state index is 13.1. The first kappa shape index (κ1) is 97.2. The first-order chi connectivity index (χ1) is 49.7. The summed E-state index contributed by atoms with van der Waals surface area (Å²) in [5.74, 6) is -2.25. The van der Waals surface area contributed by atoms with Crippen LogP contribution in [0.4, 0.5) is 0 Å². The molecule has 0 aromatic rings. The third-order valence-corrected chi connectivity index (χ3v) is 18.0. The van der Waals surface area contributed by atoms with Crippen LogP contribution in [0.5, 0.6) is 0 Å². The topological polar surface area (TPSA) is 237 Å². The maximum Gasteiger partial charge on any atom is 0.472 e. The predicted molar refractivity (Wildman–Crippen MR) is 418 cm³/mol. The molecular weight excluding hydrogens is 1330 g/mol. The molecule has 0 aromatic carbocycles. The van der Waals surface area contributed by atoms with Crippen LogP contribution in [-0.4, -0.2) is 96.7 Å². The third-order valence-electron chi connectivity index (χ3n) is 16.1. The van der Waals surface area contributed by atoms with Gasteiger partial charge in [-0.05, 0) is 154 Å². The maximum absolute atomic E-state index is 13.1. The fraction of sp³-hybridized carbons (Fsp3) is 0.687. The van der Waals surface area contributed by atoms with Crippen molar-refractivity contribution in [2.24, 2.45) is 0 Å². The highest BCUT2D eigenvalue weighted by Gasteiger charge is 2.30. The summed E-state index contributed by atoms with van der Waals surface area (Å²) in [5, 5.41) is 10.6. The van der Waals surface area contributed by atoms with Crippen LogP contribution in [0.3, 0.4) is 0 Å². The van der Waals surface area contributed by atoms with Crippen LogP contribution >= 0.6 is 15.6 Å². The van der Waals surface area contributed by atoms with E-state index in [-0.39, 0.29) is 25.7 Å². The fourth-order valence-electron chi connectivity index (χ4n) is 10.2. The molecule has 19 heteroatoms. The summed E-state index contributed by atoms with van der Waals surface area (Å²) in [4.78, 5) is 73.0. The van der Waals surface area contributed by atoms with Crippen LogP contribution < -0.4 is 0 Å². The van der Waals surface area contributed by atoms with Crippen molar-refractivity contribution in [2.45, 2.75) is 329 Å². The van der Waals surface area contributed by atoms with Crippen LogP contribution in [0, 0.1) is 0 Å². The van der Waals surface area contributed by atoms with Crippen LogP contribution in [0.2, 0.25) is 0 Å². The number of esters is 4. The molecule has 0 saturated heterocycles. The molecular formula is C83H140O17P2. The first-order valence-electron chi connectivity index (χ1n) is 39.4. The van der Waals surface area contributed by atoms with Crippen LogP contribution in [-0.2, 0) is 65.4 Å². The van der Waals surface area contributed by atoms with E-state index in [1.807, 2.05) is 0 Å². The molecule has 0 aliphatic heterocycles. The summed E-state index contributed by atoms with van der Waals surface area (Å²) in [6.45, 7) is 4.47. The number of hydrogen-bond donors (Lipinski definition) is 3. The normalized spacial score (nSPS) is 14.6. The van der Waals surface area contributed by atoms with Gasteiger partial charge in [0.1, 0.15) is 19.3 Å². The smallest absolute Gasteiger partial charge is 0.462 e. The molecule has 0 aliphatic carbocycles. The second-order valence-corrected chi connectivity index (χ2v) is 28.8. The first-order valence-corrected chi connectivity index (χ1v) is 42.4. The lowest BCUT2D eigenvalue weighted by atomic mass is 10.1. The average molecular weight is 1470 g/mol. The highest BCUT2D eigenvalue weighted by atomic mass is 31.2. The number of unbranched alkanes of at least 4 members (excludes halogenated alkanes) is 25. The quantitative estimate of drug-likeness (QED) is 0.0169. The number of carbonyl (C=O) groups excluding carboxylic acids is 4. The van der Waals surface area contributed by atoms with Crippen molar-refractivity contribution in [3.63, 3.8) is 0 Å². The molecule has 5 unspecified atom stereocenters. The molecule has 0 spiro atoms. The van der Waals surface area contributed by atoms with Crippen molar-refractivity contribution in [3.8, 4) is 0 Å². The van der Waals surface area contributed by atoms with Gasteiger partial charge in [0.05, 0.1) is 26.4 Å². The third kappa shape index (κ3) is 73.5. The summed E-state index contributed by atoms with van der Waals surface area (Å²) < 4.78 is 68.5. The van der Waals surface area contributed by atoms with E-state index in [2.05, 4.69) is 161 Å². The van der Waals surface area contributed by atoms with E-state index >= 15 is 0 Å². The Morgan fingerprint density at radius 1 is 0.284 bits per heavy atom. The average Bonchev–Trinajstić information content (AvgIpc) is 0.923. The molecule has 0 saturated carbocycles. The van der Waals surface area contributed by atoms with Crippen molar-refractivity contribution in [3.05, 3.63) is 134 Å². The number of hydrogen-bond acceptors (Lipinski definition) is 15. The molecule has 0 aliphatic rings. The van der Waals surface area contributed by atoms with E-state index in [1.54, 1.807) is 0 Å². The van der Waals surface area contributed by atoms with Crippen molar-refractivity contribution >= 4 is 39.5 Å². The minimum absolute atomic E-state index is 0.0680. The summed E-state index contributed by atoms with van der Waals surface area (Å²) in [5.41, 5.74) is 0. The molecule has 102 heavy (non-hydrogen) atoms. The van der Waals surface area contributed by atoms with Gasteiger partial charge in [0.25, 0.3) is 0 Å². The van der Waals surface area contributed by atoms with E-state index in [0.29, 0.717) is 25.7 Å². The van der Waals surface area contributed by atoms with E-state index in [1.165, 1.54) is 38.5 Å². The van der Waals surface area contributed by atoms with Gasteiger partial charge in [0, 0.05) is 25.7 Å². The van der Waals surface area contributed by atoms with E-state index in [0.717, 1.165) is 193 Å². The van der Waals surface area contributed by atoms with Crippen LogP contribution in [0.1, 0.15) is 310 Å². The largest absolute Gasteiger partial charge is 0.472 e. The highest BCUT2D eigenvalue weighted by Crippen LogP contribution is 2.45. The van der Waals surface area contributed by atoms with Gasteiger partial charge in [-0.25, -0.2) is 9.13 Å². The zero-order chi connectivity index (χ0) is 74.6. The van der Waals surface area contributed by atoms with Gasteiger partial charge in [0.2, 0.25) is 0 Å². The van der Waals surface area contributed by atoms with Gasteiger partial charge in [-0.2, -0.15) is 0 Å². The Morgan fingerprint density at radius 2 is 0.510 bits per heavy atom. The zero-order valence-corrected chi connectivity index (χ0v) is 65.5. The molecule has 5 atom stereocenters. The Kier molecular flexibility index (Phi) is 71.0. The molecule has 0 bridgehead atoms. The Balaban J connectivity index is 5.42. The fourth-order valence-corrected chi connectivity index (χ4v) is 11.8. The van der Waals surface area contributed by atoms with Crippen LogP contribution in [0.15, 0.2) is 134 Å². The zero-order valence-electron chi connectivity index (χ0n) is 63.7. The molecule has 3 N–H and O–H groups in total. The Labute approximate surface area is 618 Å². The number of phosphoric ester groups is 2. The standard InChI is InChI=1S/C83H140O17P2/c1-5-9-13-17-21-25-29-33-37-38-42-44-48-52-56-60-64-68-81(86)94-74-79(100-83(88)70-66-62-58-54-50-46-41-36-32-28-24-20-16-12-8-4)76-98-102(91,92)96-72-77(84)71-95-101(89,90)97-75-78(99-82(87)69-65-61-57-53-49-45-40-35-31-27-23-19-15-11-7-3)73-93-80(85)67-63-59-55-51-47-43-39-34-30-26-22-18-14-10-6-2/h9-11,13-15,21-23,25-27,33-37,39-42,44,77-79,84H,5-8,12,16-20,24,28-32,38,43,45-76H2,1-4H3,(H,89,90)(H,91,92)/b13-9-,14-10-,15-11-,25-21-,26-22-,27-23-,37-33-,39-34-,40-35-,41-36-,44-42-. The number of carbonyl (C=O) groups is 4. The van der Waals surface area contributed by atoms with Gasteiger partial charge in [0.15, 0.2) is 12.2 Å². The SMILES string of the molecule is CC/C=C\C/C=C\C/C=C\C/C=C\CCCCCCC(=O)OCC(COP(=O)(O)OCC(O)COP(=O)(O)OCC(COC(=O)CCCCCCC/C=C\C/C=C\C/C=C\CC)OC(=O)CCCCCCC/C=C\C/C=C\C/C=C\CC)OC(=O)CCCCCCC/C=C\CCCCCCCC. The molecule has 0 fully saturated rings. The Morgan fingerprint density at radius 3 is 0.794 bits per heavy atom. The number of allylic oxidation sites excluding steroid dienone is 22. The summed E-state index contributed by atoms with van der Waals surface area (Å²) in [6, 6.07) is 0. The summed E-state index contributed by atoms with van der Waals surface area (Å²) >= 11 is 0. The van der Waals surface area contributed by atoms with Crippen molar-refractivity contribution in [1.82, 2.24) is 0 Å². The Bertz CT molecular complexity index is 2460. The lowest BCUT2D eigenvalue weighted by molar-refractivity contribution is -0.161. The van der Waals surface area contributed by atoms with Crippen molar-refractivity contribution in [1.29, 1.82) is 0 Å². The number of ether oxygens (including phenoxy) is 4. The molecule has 584 valence electrons. The lowest BCUT2D eigenvalue weighted by Crippen LogP contribution is -2.30. The monoisotopic (exact) mass is 1470 g/mol. The molecule has 0 rings (SSSR count). The van der Waals surface area contributed by atoms with Gasteiger partial charge >= 0.3 is 39.5 Å². The van der Waals surface area contributed by atoms with Gasteiger partial charge in [-0.1, -0.05) is 264 Å². The van der Waals surface area contributed by atoms with Crippen molar-refractivity contribution < 1.29 is 80.2 Å². The van der Waals surface area contributed by atoms with Gasteiger partial charge in [-0.15, -0.1) is 0 Å². The molecule has 17 nitrogen and oxygen atoms in total. The van der Waals surface area contributed by atoms with E-state index in [9.17, 15) is 43.2 Å². The molecule has 0 heterocycles.